The van der Waals surface area contributed by atoms with Gasteiger partial charge in [0.15, 0.2) is 0 Å². The minimum atomic E-state index is -1.14. The Hall–Kier alpha value is -0.380. The standard InChI is InChI=1S/C7H14O3S/c1-7(2,3)11(10)5-4-6(8)9/h4-5H2,1-3H3,(H,8,9)/p-1/t11-/m0/s1. The molecule has 0 aromatic heterocycles. The zero-order valence-corrected chi connectivity index (χ0v) is 7.86. The maximum atomic E-state index is 11.2. The van der Waals surface area contributed by atoms with Crippen molar-refractivity contribution in [1.29, 1.82) is 0 Å². The van der Waals surface area contributed by atoms with E-state index in [2.05, 4.69) is 0 Å². The highest BCUT2D eigenvalue weighted by Crippen LogP contribution is 2.11. The first-order valence-corrected chi connectivity index (χ1v) is 4.74. The van der Waals surface area contributed by atoms with Gasteiger partial charge in [0.25, 0.3) is 0 Å². The highest BCUT2D eigenvalue weighted by molar-refractivity contribution is 7.86. The summed E-state index contributed by atoms with van der Waals surface area (Å²) in [5, 5.41) is 9.99. The zero-order chi connectivity index (χ0) is 9.07. The smallest absolute Gasteiger partial charge is 0.0423 e. The van der Waals surface area contributed by atoms with Gasteiger partial charge in [-0.2, -0.15) is 0 Å². The van der Waals surface area contributed by atoms with Crippen LogP contribution in [0.5, 0.6) is 0 Å². The molecular weight excluding hydrogens is 164 g/mol. The van der Waals surface area contributed by atoms with Crippen molar-refractivity contribution in [2.45, 2.75) is 31.9 Å². The highest BCUT2D eigenvalue weighted by Gasteiger charge is 2.18. The van der Waals surface area contributed by atoms with E-state index in [0.717, 1.165) is 0 Å². The van der Waals surface area contributed by atoms with Crippen molar-refractivity contribution in [2.24, 2.45) is 0 Å². The van der Waals surface area contributed by atoms with Crippen LogP contribution in [0.4, 0.5) is 0 Å². The number of aliphatic carboxylic acids is 1. The van der Waals surface area contributed by atoms with Crippen molar-refractivity contribution in [3.05, 3.63) is 0 Å². The van der Waals surface area contributed by atoms with Gasteiger partial charge in [0.2, 0.25) is 0 Å². The van der Waals surface area contributed by atoms with E-state index in [1.807, 2.05) is 20.8 Å². The lowest BCUT2D eigenvalue weighted by molar-refractivity contribution is -0.305. The van der Waals surface area contributed by atoms with Crippen LogP contribution < -0.4 is 5.11 Å². The molecule has 0 aliphatic carbocycles. The molecule has 0 aromatic rings. The van der Waals surface area contributed by atoms with Gasteiger partial charge in [-0.1, -0.05) is 0 Å². The van der Waals surface area contributed by atoms with E-state index < -0.39 is 16.8 Å². The van der Waals surface area contributed by atoms with Gasteiger partial charge in [0.05, 0.1) is 0 Å². The van der Waals surface area contributed by atoms with Gasteiger partial charge in [-0.3, -0.25) is 4.21 Å². The van der Waals surface area contributed by atoms with E-state index in [-0.39, 0.29) is 16.9 Å². The predicted molar refractivity (Wildman–Crippen MR) is 42.4 cm³/mol. The molecule has 11 heavy (non-hydrogen) atoms. The van der Waals surface area contributed by atoms with E-state index in [1.54, 1.807) is 0 Å². The third-order valence-corrected chi connectivity index (χ3v) is 3.12. The number of rotatable bonds is 3. The van der Waals surface area contributed by atoms with Crippen molar-refractivity contribution < 1.29 is 14.1 Å². The molecule has 0 aliphatic rings. The fraction of sp³-hybridized carbons (Fsp3) is 0.857. The van der Waals surface area contributed by atoms with Crippen LogP contribution in [-0.2, 0) is 15.6 Å². The largest absolute Gasteiger partial charge is 0.550 e. The lowest BCUT2D eigenvalue weighted by Gasteiger charge is -2.17. The third-order valence-electron chi connectivity index (χ3n) is 1.17. The molecule has 0 radical (unpaired) electrons. The van der Waals surface area contributed by atoms with Crippen molar-refractivity contribution >= 4 is 16.8 Å². The van der Waals surface area contributed by atoms with Gasteiger partial charge in [0, 0.05) is 27.3 Å². The van der Waals surface area contributed by atoms with Crippen LogP contribution in [0.15, 0.2) is 0 Å². The Kier molecular flexibility index (Phi) is 3.72. The van der Waals surface area contributed by atoms with Crippen molar-refractivity contribution in [1.82, 2.24) is 0 Å². The first-order valence-electron chi connectivity index (χ1n) is 3.42. The highest BCUT2D eigenvalue weighted by atomic mass is 32.2. The van der Waals surface area contributed by atoms with Crippen molar-refractivity contribution in [3.63, 3.8) is 0 Å². The molecule has 4 heteroatoms. The molecule has 66 valence electrons. The zero-order valence-electron chi connectivity index (χ0n) is 7.05. The number of carbonyl (C=O) groups excluding carboxylic acids is 1. The molecule has 1 atom stereocenters. The molecule has 0 saturated heterocycles. The Bertz CT molecular complexity index is 169. The van der Waals surface area contributed by atoms with Crippen LogP contribution in [0, 0.1) is 0 Å². The van der Waals surface area contributed by atoms with Gasteiger partial charge >= 0.3 is 0 Å². The SMILES string of the molecule is CC(C)(C)[S@@](=O)CCC(=O)[O-]. The summed E-state index contributed by atoms with van der Waals surface area (Å²) in [6, 6.07) is 0. The molecule has 0 fully saturated rings. The second kappa shape index (κ2) is 3.85. The van der Waals surface area contributed by atoms with Crippen LogP contribution in [0.25, 0.3) is 0 Å². The maximum absolute atomic E-state index is 11.2. The summed E-state index contributed by atoms with van der Waals surface area (Å²) in [6.07, 6.45) is -0.121. The molecule has 0 spiro atoms. The summed E-state index contributed by atoms with van der Waals surface area (Å²) < 4.78 is 10.9. The number of hydrogen-bond donors (Lipinski definition) is 0. The third kappa shape index (κ3) is 4.95. The molecule has 0 heterocycles. The topological polar surface area (TPSA) is 57.2 Å². The Balaban J connectivity index is 3.80. The van der Waals surface area contributed by atoms with E-state index in [1.165, 1.54) is 0 Å². The van der Waals surface area contributed by atoms with Crippen LogP contribution in [0.3, 0.4) is 0 Å². The average Bonchev–Trinajstić information content (AvgIpc) is 1.80. The molecule has 0 aromatic carbocycles. The van der Waals surface area contributed by atoms with Gasteiger partial charge in [-0.15, -0.1) is 0 Å². The molecule has 0 saturated carbocycles. The van der Waals surface area contributed by atoms with Gasteiger partial charge < -0.3 is 9.90 Å². The molecule has 0 N–H and O–H groups in total. The summed E-state index contributed by atoms with van der Waals surface area (Å²) in [5.74, 6) is -0.950. The van der Waals surface area contributed by atoms with Gasteiger partial charge in [-0.05, 0) is 27.2 Å². The molecule has 3 nitrogen and oxygen atoms in total. The fourth-order valence-corrected chi connectivity index (χ4v) is 1.45. The fourth-order valence-electron chi connectivity index (χ4n) is 0.482. The number of hydrogen-bond acceptors (Lipinski definition) is 3. The minimum Gasteiger partial charge on any atom is -0.550 e. The summed E-state index contributed by atoms with van der Waals surface area (Å²) in [6.45, 7) is 5.45. The number of carboxylic acids is 1. The summed E-state index contributed by atoms with van der Waals surface area (Å²) >= 11 is 0. The van der Waals surface area contributed by atoms with Crippen LogP contribution in [0.1, 0.15) is 27.2 Å². The molecule has 0 bridgehead atoms. The van der Waals surface area contributed by atoms with E-state index in [9.17, 15) is 14.1 Å². The lowest BCUT2D eigenvalue weighted by atomic mass is 10.3. The first-order chi connectivity index (χ1) is 4.84. The quantitative estimate of drug-likeness (QED) is 0.593. The van der Waals surface area contributed by atoms with Crippen molar-refractivity contribution in [2.75, 3.05) is 5.75 Å². The van der Waals surface area contributed by atoms with E-state index >= 15 is 0 Å². The predicted octanol–water partition coefficient (Wildman–Crippen LogP) is -0.326. The molecule has 0 unspecified atom stereocenters. The molecule has 0 amide bonds. The van der Waals surface area contributed by atoms with Crippen LogP contribution in [-0.4, -0.2) is 20.7 Å². The van der Waals surface area contributed by atoms with Crippen molar-refractivity contribution in [3.8, 4) is 0 Å². The molecule has 0 aliphatic heterocycles. The van der Waals surface area contributed by atoms with E-state index in [4.69, 9.17) is 0 Å². The maximum Gasteiger partial charge on any atom is 0.0423 e. The Morgan fingerprint density at radius 3 is 2.18 bits per heavy atom. The minimum absolute atomic E-state index is 0.121. The van der Waals surface area contributed by atoms with E-state index in [0.29, 0.717) is 0 Å². The summed E-state index contributed by atoms with van der Waals surface area (Å²) in [7, 11) is -1.08. The number of carbonyl (C=O) groups is 1. The lowest BCUT2D eigenvalue weighted by Crippen LogP contribution is -2.29. The molecular formula is C7H13O3S-. The Morgan fingerprint density at radius 2 is 1.91 bits per heavy atom. The normalized spacial score (nSPS) is 14.5. The molecule has 0 rings (SSSR count). The Morgan fingerprint density at radius 1 is 1.45 bits per heavy atom. The second-order valence-electron chi connectivity index (χ2n) is 3.28. The van der Waals surface area contributed by atoms with Crippen LogP contribution in [0.2, 0.25) is 0 Å². The van der Waals surface area contributed by atoms with Crippen LogP contribution >= 0.6 is 0 Å². The van der Waals surface area contributed by atoms with Gasteiger partial charge in [-0.25, -0.2) is 0 Å². The van der Waals surface area contributed by atoms with Gasteiger partial charge in [0.1, 0.15) is 0 Å². The Labute approximate surface area is 69.3 Å². The monoisotopic (exact) mass is 177 g/mol. The second-order valence-corrected chi connectivity index (χ2v) is 5.61. The average molecular weight is 177 g/mol. The summed E-state index contributed by atoms with van der Waals surface area (Å²) in [5.41, 5.74) is 0. The number of carboxylic acid groups (broad SMARTS) is 1. The summed E-state index contributed by atoms with van der Waals surface area (Å²) in [4.78, 5) is 9.99. The first kappa shape index (κ1) is 10.6.